The zero-order chi connectivity index (χ0) is 20.6. The van der Waals surface area contributed by atoms with E-state index in [1.807, 2.05) is 61.5 Å². The molecule has 1 N–H and O–H groups in total. The molecule has 3 aromatic rings. The second-order valence-electron chi connectivity index (χ2n) is 6.67. The van der Waals surface area contributed by atoms with Crippen LogP contribution in [0.4, 0.5) is 11.4 Å². The lowest BCUT2D eigenvalue weighted by atomic mass is 10.1. The van der Waals surface area contributed by atoms with Crippen molar-refractivity contribution in [3.63, 3.8) is 0 Å². The Balaban J connectivity index is 1.67. The molecule has 0 aliphatic heterocycles. The van der Waals surface area contributed by atoms with Gasteiger partial charge < -0.3 is 10.1 Å². The van der Waals surface area contributed by atoms with Crippen LogP contribution < -0.4 is 10.1 Å². The second-order valence-corrected chi connectivity index (χ2v) is 7.58. The molecule has 3 aromatic carbocycles. The van der Waals surface area contributed by atoms with E-state index in [1.54, 1.807) is 6.21 Å². The molecule has 0 spiro atoms. The Morgan fingerprint density at radius 1 is 1.10 bits per heavy atom. The number of nitrogens with one attached hydrogen (secondary N) is 1. The van der Waals surface area contributed by atoms with Crippen molar-refractivity contribution in [2.24, 2.45) is 4.99 Å². The number of aliphatic imine (C=N–C) groups is 1. The maximum Gasteiger partial charge on any atom is 0.262 e. The van der Waals surface area contributed by atoms with E-state index in [9.17, 15) is 4.79 Å². The largest absolute Gasteiger partial charge is 0.483 e. The molecule has 0 bridgehead atoms. The first-order valence-electron chi connectivity index (χ1n) is 9.45. The van der Waals surface area contributed by atoms with E-state index in [0.717, 1.165) is 33.4 Å². The highest BCUT2D eigenvalue weighted by Gasteiger charge is 2.08. The fraction of sp³-hybridized carbons (Fsp3) is 0.167. The van der Waals surface area contributed by atoms with Crippen LogP contribution in [0.2, 0.25) is 0 Å². The van der Waals surface area contributed by atoms with Gasteiger partial charge in [0.15, 0.2) is 6.61 Å². The molecule has 4 nitrogen and oxygen atoms in total. The van der Waals surface area contributed by atoms with Gasteiger partial charge in [-0.05, 0) is 66.9 Å². The van der Waals surface area contributed by atoms with Gasteiger partial charge >= 0.3 is 0 Å². The van der Waals surface area contributed by atoms with Crippen LogP contribution in [-0.2, 0) is 11.2 Å². The Morgan fingerprint density at radius 2 is 1.90 bits per heavy atom. The summed E-state index contributed by atoms with van der Waals surface area (Å²) in [6.45, 7) is 4.02. The first-order chi connectivity index (χ1) is 14.0. The Bertz CT molecular complexity index is 1010. The highest BCUT2D eigenvalue weighted by atomic mass is 79.9. The predicted molar refractivity (Wildman–Crippen MR) is 123 cm³/mol. The zero-order valence-electron chi connectivity index (χ0n) is 16.5. The molecule has 3 rings (SSSR count). The lowest BCUT2D eigenvalue weighted by Crippen LogP contribution is -2.20. The van der Waals surface area contributed by atoms with Gasteiger partial charge in [0, 0.05) is 21.9 Å². The third-order valence-corrected chi connectivity index (χ3v) is 4.82. The van der Waals surface area contributed by atoms with Crippen molar-refractivity contribution in [2.45, 2.75) is 20.3 Å². The predicted octanol–water partition coefficient (Wildman–Crippen LogP) is 6.09. The molecule has 0 aromatic heterocycles. The van der Waals surface area contributed by atoms with Gasteiger partial charge in [-0.25, -0.2) is 0 Å². The molecule has 0 atom stereocenters. The number of amides is 1. The number of nitrogens with zero attached hydrogens (tertiary/aromatic N) is 1. The first-order valence-corrected chi connectivity index (χ1v) is 10.2. The van der Waals surface area contributed by atoms with Gasteiger partial charge in [0.25, 0.3) is 5.91 Å². The maximum absolute atomic E-state index is 12.2. The minimum absolute atomic E-state index is 0.0817. The molecule has 0 heterocycles. The van der Waals surface area contributed by atoms with Gasteiger partial charge in [-0.3, -0.25) is 9.79 Å². The monoisotopic (exact) mass is 450 g/mol. The molecule has 1 amide bonds. The summed E-state index contributed by atoms with van der Waals surface area (Å²) in [6.07, 6.45) is 2.75. The summed E-state index contributed by atoms with van der Waals surface area (Å²) in [4.78, 5) is 16.8. The average molecular weight is 451 g/mol. The number of hydrogen-bond acceptors (Lipinski definition) is 3. The smallest absolute Gasteiger partial charge is 0.262 e. The van der Waals surface area contributed by atoms with Crippen LogP contribution in [0, 0.1) is 6.92 Å². The van der Waals surface area contributed by atoms with Gasteiger partial charge in [-0.1, -0.05) is 47.1 Å². The number of rotatable bonds is 7. The number of carbonyl (C=O) groups is 1. The molecular formula is C24H23BrN2O2. The number of anilines is 1. The fourth-order valence-corrected chi connectivity index (χ4v) is 3.16. The molecule has 0 saturated carbocycles. The number of carbonyl (C=O) groups excluding carboxylic acids is 1. The van der Waals surface area contributed by atoms with Crippen LogP contribution in [0.3, 0.4) is 0 Å². The summed E-state index contributed by atoms with van der Waals surface area (Å²) in [7, 11) is 0. The highest BCUT2D eigenvalue weighted by molar-refractivity contribution is 9.10. The minimum atomic E-state index is -0.212. The minimum Gasteiger partial charge on any atom is -0.483 e. The van der Waals surface area contributed by atoms with Crippen LogP contribution in [-0.4, -0.2) is 18.7 Å². The van der Waals surface area contributed by atoms with E-state index in [1.165, 1.54) is 5.56 Å². The van der Waals surface area contributed by atoms with Gasteiger partial charge in [0.2, 0.25) is 0 Å². The standard InChI is InChI=1S/C24H23BrN2O2/c1-3-18-7-10-21(11-8-18)26-15-19-14-20(25)9-12-23(19)29-16-24(28)27-22-6-4-5-17(2)13-22/h4-15H,3,16H2,1-2H3,(H,27,28). The molecule has 0 radical (unpaired) electrons. The topological polar surface area (TPSA) is 50.7 Å². The molecular weight excluding hydrogens is 428 g/mol. The highest BCUT2D eigenvalue weighted by Crippen LogP contribution is 2.23. The van der Waals surface area contributed by atoms with Crippen molar-refractivity contribution in [2.75, 3.05) is 11.9 Å². The molecule has 148 valence electrons. The summed E-state index contributed by atoms with van der Waals surface area (Å²) in [5, 5.41) is 2.85. The van der Waals surface area contributed by atoms with Crippen LogP contribution in [0.15, 0.2) is 76.2 Å². The van der Waals surface area contributed by atoms with E-state index in [2.05, 4.69) is 45.3 Å². The molecule has 0 unspecified atom stereocenters. The Morgan fingerprint density at radius 3 is 2.62 bits per heavy atom. The van der Waals surface area contributed by atoms with Crippen molar-refractivity contribution < 1.29 is 9.53 Å². The number of aryl methyl sites for hydroxylation is 2. The van der Waals surface area contributed by atoms with E-state index in [4.69, 9.17) is 4.74 Å². The lowest BCUT2D eigenvalue weighted by molar-refractivity contribution is -0.118. The van der Waals surface area contributed by atoms with E-state index >= 15 is 0 Å². The summed E-state index contributed by atoms with van der Waals surface area (Å²) in [5.41, 5.74) is 4.77. The summed E-state index contributed by atoms with van der Waals surface area (Å²) >= 11 is 3.48. The third kappa shape index (κ3) is 6.29. The van der Waals surface area contributed by atoms with Gasteiger partial charge in [-0.15, -0.1) is 0 Å². The molecule has 29 heavy (non-hydrogen) atoms. The summed E-state index contributed by atoms with van der Waals surface area (Å²) in [5.74, 6) is 0.387. The number of benzene rings is 3. The van der Waals surface area contributed by atoms with Crippen LogP contribution in [0.25, 0.3) is 0 Å². The van der Waals surface area contributed by atoms with Crippen LogP contribution >= 0.6 is 15.9 Å². The summed E-state index contributed by atoms with van der Waals surface area (Å²) in [6, 6.07) is 21.4. The van der Waals surface area contributed by atoms with Crippen molar-refractivity contribution in [1.82, 2.24) is 0 Å². The Kier molecular flexibility index (Phi) is 7.19. The Labute approximate surface area is 179 Å². The van der Waals surface area contributed by atoms with Crippen LogP contribution in [0.1, 0.15) is 23.6 Å². The Hall–Kier alpha value is -2.92. The van der Waals surface area contributed by atoms with Gasteiger partial charge in [-0.2, -0.15) is 0 Å². The number of ether oxygens (including phenoxy) is 1. The second kappa shape index (κ2) is 10.0. The van der Waals surface area contributed by atoms with E-state index in [-0.39, 0.29) is 12.5 Å². The lowest BCUT2D eigenvalue weighted by Gasteiger charge is -2.10. The first kappa shape index (κ1) is 20.8. The molecule has 0 aliphatic rings. The van der Waals surface area contributed by atoms with E-state index in [0.29, 0.717) is 5.75 Å². The van der Waals surface area contributed by atoms with Crippen molar-refractivity contribution in [1.29, 1.82) is 0 Å². The van der Waals surface area contributed by atoms with Gasteiger partial charge in [0.1, 0.15) is 5.75 Å². The fourth-order valence-electron chi connectivity index (χ4n) is 2.78. The normalized spacial score (nSPS) is 10.9. The maximum atomic E-state index is 12.2. The third-order valence-electron chi connectivity index (χ3n) is 4.33. The van der Waals surface area contributed by atoms with Crippen molar-refractivity contribution >= 4 is 39.4 Å². The van der Waals surface area contributed by atoms with Gasteiger partial charge in [0.05, 0.1) is 5.69 Å². The van der Waals surface area contributed by atoms with Crippen molar-refractivity contribution in [3.8, 4) is 5.75 Å². The molecule has 5 heteroatoms. The van der Waals surface area contributed by atoms with E-state index < -0.39 is 0 Å². The molecule has 0 fully saturated rings. The number of halogens is 1. The average Bonchev–Trinajstić information content (AvgIpc) is 2.72. The molecule has 0 aliphatic carbocycles. The quantitative estimate of drug-likeness (QED) is 0.442. The SMILES string of the molecule is CCc1ccc(N=Cc2cc(Br)ccc2OCC(=O)Nc2cccc(C)c2)cc1. The number of hydrogen-bond donors (Lipinski definition) is 1. The molecule has 0 saturated heterocycles. The van der Waals surface area contributed by atoms with Crippen LogP contribution in [0.5, 0.6) is 5.75 Å². The summed E-state index contributed by atoms with van der Waals surface area (Å²) < 4.78 is 6.67. The van der Waals surface area contributed by atoms with Crippen molar-refractivity contribution in [3.05, 3.63) is 87.9 Å². The zero-order valence-corrected chi connectivity index (χ0v) is 18.1.